The summed E-state index contributed by atoms with van der Waals surface area (Å²) in [6.45, 7) is 5.53. The van der Waals surface area contributed by atoms with Crippen LogP contribution < -0.4 is 0 Å². The van der Waals surface area contributed by atoms with Gasteiger partial charge in [0.05, 0.1) is 9.75 Å². The van der Waals surface area contributed by atoms with Crippen molar-refractivity contribution < 1.29 is 0 Å². The maximum atomic E-state index is 5.93. The molecule has 0 rings (SSSR count). The summed E-state index contributed by atoms with van der Waals surface area (Å²) in [7, 11) is 0. The highest BCUT2D eigenvalue weighted by Crippen LogP contribution is 2.35. The molecule has 9 heavy (non-hydrogen) atoms. The molecule has 0 fully saturated rings. The van der Waals surface area contributed by atoms with Crippen LogP contribution in [0.1, 0.15) is 20.8 Å². The fourth-order valence-electron chi connectivity index (χ4n) is 0.159. The molecule has 0 radical (unpaired) electrons. The Balaban J connectivity index is 4.14. The van der Waals surface area contributed by atoms with Crippen molar-refractivity contribution in [2.75, 3.05) is 5.88 Å². The van der Waals surface area contributed by atoms with E-state index in [-0.39, 0.29) is 0 Å². The van der Waals surface area contributed by atoms with Gasteiger partial charge in [0, 0.05) is 5.88 Å². The Hall–Kier alpha value is 0.870. The number of hydrogen-bond acceptors (Lipinski definition) is 0. The zero-order chi connectivity index (χ0) is 7.71. The first-order chi connectivity index (χ1) is 3.81. The van der Waals surface area contributed by atoms with E-state index in [0.717, 1.165) is 0 Å². The van der Waals surface area contributed by atoms with Crippen molar-refractivity contribution in [1.29, 1.82) is 0 Å². The first-order valence-corrected chi connectivity index (χ1v) is 4.04. The van der Waals surface area contributed by atoms with Crippen LogP contribution in [0.3, 0.4) is 0 Å². The molecule has 1 unspecified atom stereocenters. The molecule has 1 atom stereocenters. The highest BCUT2D eigenvalue weighted by Gasteiger charge is 2.36. The molecule has 0 N–H and O–H groups in total. The highest BCUT2D eigenvalue weighted by molar-refractivity contribution is 6.37. The van der Waals surface area contributed by atoms with Crippen molar-refractivity contribution in [2.24, 2.45) is 0 Å². The zero-order valence-corrected chi connectivity index (χ0v) is 8.11. The fourth-order valence-corrected chi connectivity index (χ4v) is 0.628. The Morgan fingerprint density at radius 1 is 1.11 bits per heavy atom. The van der Waals surface area contributed by atoms with Gasteiger partial charge in [-0.2, -0.15) is 0 Å². The largest absolute Gasteiger partial charge is 0.125 e. The summed E-state index contributed by atoms with van der Waals surface area (Å²) >= 11 is 17.4. The molecule has 0 saturated carbocycles. The lowest BCUT2D eigenvalue weighted by atomic mass is 9.98. The van der Waals surface area contributed by atoms with Gasteiger partial charge < -0.3 is 0 Å². The third-order valence-electron chi connectivity index (χ3n) is 1.49. The van der Waals surface area contributed by atoms with E-state index in [2.05, 4.69) is 0 Å². The maximum absolute atomic E-state index is 5.93. The summed E-state index contributed by atoms with van der Waals surface area (Å²) in [5, 5.41) is 0. The second kappa shape index (κ2) is 2.86. The van der Waals surface area contributed by atoms with Gasteiger partial charge in [-0.15, -0.1) is 34.8 Å². The molecule has 0 saturated heterocycles. The lowest BCUT2D eigenvalue weighted by Crippen LogP contribution is -2.39. The molecule has 0 aromatic carbocycles. The predicted molar refractivity (Wildman–Crippen MR) is 44.9 cm³/mol. The Bertz CT molecular complexity index is 91.0. The molecule has 0 aliphatic carbocycles. The molecule has 0 nitrogen and oxygen atoms in total. The third kappa shape index (κ3) is 2.53. The van der Waals surface area contributed by atoms with Gasteiger partial charge in [0.2, 0.25) is 0 Å². The first-order valence-electron chi connectivity index (χ1n) is 2.75. The number of halogens is 3. The van der Waals surface area contributed by atoms with Gasteiger partial charge in [-0.25, -0.2) is 0 Å². The molecular formula is C6H11Cl3. The average molecular weight is 190 g/mol. The fraction of sp³-hybridized carbons (Fsp3) is 1.00. The number of hydrogen-bond donors (Lipinski definition) is 0. The van der Waals surface area contributed by atoms with Gasteiger partial charge in [0.1, 0.15) is 0 Å². The van der Waals surface area contributed by atoms with E-state index in [1.165, 1.54) is 0 Å². The standard InChI is InChI=1S/C6H11Cl3/c1-5(2,8)6(3,9)4-7/h4H2,1-3H3. The van der Waals surface area contributed by atoms with E-state index in [9.17, 15) is 0 Å². The van der Waals surface area contributed by atoms with E-state index in [1.807, 2.05) is 20.8 Å². The van der Waals surface area contributed by atoms with Crippen LogP contribution >= 0.6 is 34.8 Å². The lowest BCUT2D eigenvalue weighted by Gasteiger charge is -2.31. The molecular weight excluding hydrogens is 178 g/mol. The van der Waals surface area contributed by atoms with Crippen molar-refractivity contribution in [3.63, 3.8) is 0 Å². The predicted octanol–water partition coefficient (Wildman–Crippen LogP) is 3.24. The van der Waals surface area contributed by atoms with E-state index in [4.69, 9.17) is 34.8 Å². The van der Waals surface area contributed by atoms with Crippen LogP contribution in [0.4, 0.5) is 0 Å². The van der Waals surface area contributed by atoms with Crippen LogP contribution in [-0.4, -0.2) is 15.6 Å². The van der Waals surface area contributed by atoms with Crippen molar-refractivity contribution in [2.45, 2.75) is 30.5 Å². The van der Waals surface area contributed by atoms with Crippen molar-refractivity contribution in [3.8, 4) is 0 Å². The third-order valence-corrected chi connectivity index (χ3v) is 3.28. The molecule has 0 aromatic rings. The highest BCUT2D eigenvalue weighted by atomic mass is 35.5. The van der Waals surface area contributed by atoms with Crippen LogP contribution in [0.2, 0.25) is 0 Å². The summed E-state index contributed by atoms with van der Waals surface area (Å²) < 4.78 is 0. The van der Waals surface area contributed by atoms with Crippen LogP contribution in [-0.2, 0) is 0 Å². The Morgan fingerprint density at radius 2 is 1.44 bits per heavy atom. The zero-order valence-electron chi connectivity index (χ0n) is 5.84. The van der Waals surface area contributed by atoms with E-state index < -0.39 is 9.75 Å². The van der Waals surface area contributed by atoms with Gasteiger partial charge in [-0.05, 0) is 20.8 Å². The molecule has 0 bridgehead atoms. The number of rotatable bonds is 2. The molecule has 0 spiro atoms. The average Bonchev–Trinajstić information content (AvgIpc) is 1.64. The Kier molecular flexibility index (Phi) is 3.13. The maximum Gasteiger partial charge on any atom is 0.0739 e. The number of alkyl halides is 3. The van der Waals surface area contributed by atoms with Gasteiger partial charge in [0.15, 0.2) is 0 Å². The minimum atomic E-state index is -0.518. The molecule has 0 aliphatic heterocycles. The lowest BCUT2D eigenvalue weighted by molar-refractivity contribution is 0.536. The van der Waals surface area contributed by atoms with Crippen molar-refractivity contribution in [1.82, 2.24) is 0 Å². The van der Waals surface area contributed by atoms with Gasteiger partial charge in [-0.1, -0.05) is 0 Å². The Morgan fingerprint density at radius 3 is 1.44 bits per heavy atom. The molecule has 0 heterocycles. The molecule has 0 aromatic heterocycles. The second-order valence-electron chi connectivity index (χ2n) is 2.80. The normalized spacial score (nSPS) is 19.3. The molecule has 3 heteroatoms. The van der Waals surface area contributed by atoms with Crippen molar-refractivity contribution >= 4 is 34.8 Å². The summed E-state index contributed by atoms with van der Waals surface area (Å²) in [5.74, 6) is 0.366. The van der Waals surface area contributed by atoms with Crippen LogP contribution in [0.15, 0.2) is 0 Å². The first kappa shape index (κ1) is 9.87. The van der Waals surface area contributed by atoms with E-state index >= 15 is 0 Å². The monoisotopic (exact) mass is 188 g/mol. The molecule has 0 amide bonds. The Labute approximate surface area is 71.5 Å². The summed E-state index contributed by atoms with van der Waals surface area (Å²) in [5.41, 5.74) is 0. The quantitative estimate of drug-likeness (QED) is 0.585. The van der Waals surface area contributed by atoms with Crippen LogP contribution in [0.25, 0.3) is 0 Å². The summed E-state index contributed by atoms with van der Waals surface area (Å²) in [6.07, 6.45) is 0. The topological polar surface area (TPSA) is 0 Å². The minimum absolute atomic E-state index is 0.366. The SMILES string of the molecule is CC(C)(Cl)C(C)(Cl)CCl. The van der Waals surface area contributed by atoms with E-state index in [0.29, 0.717) is 5.88 Å². The van der Waals surface area contributed by atoms with Crippen LogP contribution in [0, 0.1) is 0 Å². The van der Waals surface area contributed by atoms with Gasteiger partial charge >= 0.3 is 0 Å². The van der Waals surface area contributed by atoms with Crippen LogP contribution in [0.5, 0.6) is 0 Å². The smallest absolute Gasteiger partial charge is 0.0739 e. The second-order valence-corrected chi connectivity index (χ2v) is 4.85. The molecule has 56 valence electrons. The van der Waals surface area contributed by atoms with E-state index in [1.54, 1.807) is 0 Å². The van der Waals surface area contributed by atoms with Crippen molar-refractivity contribution in [3.05, 3.63) is 0 Å². The van der Waals surface area contributed by atoms with Gasteiger partial charge in [0.25, 0.3) is 0 Å². The summed E-state index contributed by atoms with van der Waals surface area (Å²) in [4.78, 5) is -0.966. The van der Waals surface area contributed by atoms with Gasteiger partial charge in [-0.3, -0.25) is 0 Å². The minimum Gasteiger partial charge on any atom is -0.125 e. The molecule has 0 aliphatic rings. The summed E-state index contributed by atoms with van der Waals surface area (Å²) in [6, 6.07) is 0.